The highest BCUT2D eigenvalue weighted by atomic mass is 32.1. The van der Waals surface area contributed by atoms with Gasteiger partial charge in [-0.15, -0.1) is 0 Å². The fraction of sp³-hybridized carbons (Fsp3) is 0.571. The number of nitriles is 1. The molecule has 5 heterocycles. The number of carbonyl (C=O) groups excluding carboxylic acids is 4. The number of alkyl halides is 3. The van der Waals surface area contributed by atoms with Gasteiger partial charge in [-0.3, -0.25) is 39.0 Å². The Balaban J connectivity index is 0.884. The Labute approximate surface area is 351 Å². The summed E-state index contributed by atoms with van der Waals surface area (Å²) in [5.41, 5.74) is -1.28. The Morgan fingerprint density at radius 2 is 1.80 bits per heavy atom. The number of hydrogen-bond acceptors (Lipinski definition) is 10. The third kappa shape index (κ3) is 8.35. The van der Waals surface area contributed by atoms with Crippen molar-refractivity contribution in [3.05, 3.63) is 47.4 Å². The van der Waals surface area contributed by atoms with Crippen molar-refractivity contribution in [3.8, 4) is 6.07 Å². The molecule has 3 saturated heterocycles. The van der Waals surface area contributed by atoms with Crippen LogP contribution in [0.3, 0.4) is 0 Å². The molecule has 1 saturated carbocycles. The van der Waals surface area contributed by atoms with Gasteiger partial charge in [0.2, 0.25) is 17.7 Å². The van der Waals surface area contributed by atoms with Crippen molar-refractivity contribution in [1.29, 1.82) is 5.26 Å². The number of carbonyl (C=O) groups is 4. The highest BCUT2D eigenvalue weighted by molar-refractivity contribution is 7.80. The smallest absolute Gasteiger partial charge is 0.378 e. The van der Waals surface area contributed by atoms with Gasteiger partial charge in [0.05, 0.1) is 52.9 Å². The van der Waals surface area contributed by atoms with E-state index in [-0.39, 0.29) is 65.7 Å². The standard InChI is InChI=1S/C42H50F3N9O5S/c1-23-17-28(18-24(2)52(23)22-35(56)48-32-8-6-7-29-36(50-51(5)37(29)32)30-13-14-34(55)49-38(30)57)59-16-15-25-9-11-26(12-10-25)54-40(60)53(39(58)41(54,3)4)27-19-31(42(43,44)45)33(20-46)47-21-27/h6-8,19,21,23-26,28,30H,9-18,22H2,1-5H3,(H,48,56)(H,49,55,57)/t23-,24+,25?,26?,28?,30?. The van der Waals surface area contributed by atoms with Crippen molar-refractivity contribution in [3.63, 3.8) is 0 Å². The van der Waals surface area contributed by atoms with Gasteiger partial charge >= 0.3 is 6.18 Å². The summed E-state index contributed by atoms with van der Waals surface area (Å²) in [6.07, 6.45) is 2.68. The first-order valence-corrected chi connectivity index (χ1v) is 20.9. The van der Waals surface area contributed by atoms with Crippen LogP contribution >= 0.6 is 12.2 Å². The number of likely N-dealkylation sites (tertiary alicyclic amines) is 1. The number of fused-ring (bicyclic) bond motifs is 1. The summed E-state index contributed by atoms with van der Waals surface area (Å²) in [6, 6.07) is 7.89. The molecule has 4 amide bonds. The number of nitrogens with zero attached hydrogens (tertiary/aromatic N) is 7. The van der Waals surface area contributed by atoms with Crippen LogP contribution in [0.15, 0.2) is 30.5 Å². The molecule has 2 N–H and O–H groups in total. The molecule has 320 valence electrons. The number of piperidine rings is 2. The second-order valence-electron chi connectivity index (χ2n) is 17.1. The molecule has 4 fully saturated rings. The number of hydrogen-bond donors (Lipinski definition) is 2. The molecule has 18 heteroatoms. The van der Waals surface area contributed by atoms with Gasteiger partial charge in [0, 0.05) is 43.6 Å². The van der Waals surface area contributed by atoms with Gasteiger partial charge in [-0.05, 0) is 109 Å². The molecule has 1 aromatic carbocycles. The van der Waals surface area contributed by atoms with Crippen molar-refractivity contribution in [1.82, 2.24) is 29.9 Å². The van der Waals surface area contributed by atoms with Crippen LogP contribution in [-0.4, -0.2) is 96.2 Å². The minimum atomic E-state index is -4.82. The van der Waals surface area contributed by atoms with E-state index in [9.17, 15) is 37.6 Å². The molecule has 0 spiro atoms. The molecule has 3 aromatic rings. The van der Waals surface area contributed by atoms with E-state index in [4.69, 9.17) is 17.0 Å². The summed E-state index contributed by atoms with van der Waals surface area (Å²) in [6.45, 7) is 8.48. The Kier molecular flexibility index (Phi) is 12.1. The molecule has 60 heavy (non-hydrogen) atoms. The van der Waals surface area contributed by atoms with Gasteiger partial charge in [0.15, 0.2) is 10.8 Å². The maximum atomic E-state index is 13.7. The third-order valence-electron chi connectivity index (χ3n) is 12.7. The predicted molar refractivity (Wildman–Crippen MR) is 219 cm³/mol. The number of amides is 4. The normalized spacial score (nSPS) is 26.4. The summed E-state index contributed by atoms with van der Waals surface area (Å²) >= 11 is 5.74. The van der Waals surface area contributed by atoms with Crippen LogP contribution in [0, 0.1) is 17.2 Å². The van der Waals surface area contributed by atoms with Crippen molar-refractivity contribution in [2.24, 2.45) is 13.0 Å². The maximum absolute atomic E-state index is 13.7. The van der Waals surface area contributed by atoms with Crippen molar-refractivity contribution in [2.45, 2.75) is 127 Å². The van der Waals surface area contributed by atoms with Crippen molar-refractivity contribution < 1.29 is 37.1 Å². The van der Waals surface area contributed by atoms with E-state index in [0.717, 1.165) is 67.5 Å². The Hall–Kier alpha value is -4.99. The fourth-order valence-electron chi connectivity index (χ4n) is 9.67. The summed E-state index contributed by atoms with van der Waals surface area (Å²) in [7, 11) is 1.77. The second-order valence-corrected chi connectivity index (χ2v) is 17.5. The van der Waals surface area contributed by atoms with Crippen LogP contribution in [-0.2, 0) is 37.1 Å². The fourth-order valence-corrected chi connectivity index (χ4v) is 10.2. The highest BCUT2D eigenvalue weighted by Crippen LogP contribution is 2.41. The Morgan fingerprint density at radius 3 is 2.45 bits per heavy atom. The van der Waals surface area contributed by atoms with Gasteiger partial charge in [-0.1, -0.05) is 12.1 Å². The van der Waals surface area contributed by atoms with E-state index in [1.807, 2.05) is 23.1 Å². The van der Waals surface area contributed by atoms with E-state index >= 15 is 0 Å². The van der Waals surface area contributed by atoms with Crippen LogP contribution in [0.4, 0.5) is 24.5 Å². The third-order valence-corrected chi connectivity index (χ3v) is 13.1. The lowest BCUT2D eigenvalue weighted by Gasteiger charge is -2.42. The average Bonchev–Trinajstić information content (AvgIpc) is 3.61. The van der Waals surface area contributed by atoms with Gasteiger partial charge in [-0.25, -0.2) is 4.98 Å². The Morgan fingerprint density at radius 1 is 1.10 bits per heavy atom. The topological polar surface area (TPSA) is 166 Å². The lowest BCUT2D eigenvalue weighted by molar-refractivity contribution is -0.138. The molecule has 3 aliphatic heterocycles. The minimum Gasteiger partial charge on any atom is -0.378 e. The number of ether oxygens (including phenoxy) is 1. The molecule has 2 unspecified atom stereocenters. The first-order valence-electron chi connectivity index (χ1n) is 20.5. The predicted octanol–water partition coefficient (Wildman–Crippen LogP) is 5.94. The molecule has 0 bridgehead atoms. The lowest BCUT2D eigenvalue weighted by Crippen LogP contribution is -2.51. The number of rotatable bonds is 10. The zero-order valence-electron chi connectivity index (χ0n) is 34.3. The molecule has 4 aliphatic rings. The van der Waals surface area contributed by atoms with Crippen LogP contribution in [0.2, 0.25) is 0 Å². The van der Waals surface area contributed by atoms with Crippen LogP contribution in [0.25, 0.3) is 10.9 Å². The van der Waals surface area contributed by atoms with Crippen LogP contribution in [0.1, 0.15) is 108 Å². The number of para-hydroxylation sites is 1. The van der Waals surface area contributed by atoms with Gasteiger partial charge < -0.3 is 15.0 Å². The van der Waals surface area contributed by atoms with Crippen molar-refractivity contribution >= 4 is 63.2 Å². The number of benzene rings is 1. The second kappa shape index (κ2) is 16.8. The Bertz CT molecular complexity index is 2240. The summed E-state index contributed by atoms with van der Waals surface area (Å²) < 4.78 is 49.3. The van der Waals surface area contributed by atoms with E-state index in [1.54, 1.807) is 25.6 Å². The summed E-state index contributed by atoms with van der Waals surface area (Å²) in [5, 5.41) is 20.2. The van der Waals surface area contributed by atoms with Gasteiger partial charge in [0.1, 0.15) is 11.6 Å². The van der Waals surface area contributed by atoms with E-state index < -0.39 is 34.8 Å². The number of imide groups is 1. The molecule has 14 nitrogen and oxygen atoms in total. The zero-order valence-corrected chi connectivity index (χ0v) is 35.2. The minimum absolute atomic E-state index is 0.0499. The lowest BCUT2D eigenvalue weighted by atomic mass is 9.82. The number of pyridine rings is 1. The SMILES string of the molecule is C[C@@H]1CC(OCCC2CCC(N3C(=S)N(c4cnc(C#N)c(C(F)(F)F)c4)C(=O)C3(C)C)CC2)C[C@H](C)N1CC(=O)Nc1cccc2c(C3CCC(=O)NC3=O)nn(C)c12. The van der Waals surface area contributed by atoms with Gasteiger partial charge in [0.25, 0.3) is 5.91 Å². The number of thiocarbonyl (C=S) groups is 1. The van der Waals surface area contributed by atoms with Crippen molar-refractivity contribution in [2.75, 3.05) is 23.4 Å². The van der Waals surface area contributed by atoms with E-state index in [1.165, 1.54) is 6.07 Å². The largest absolute Gasteiger partial charge is 0.419 e. The number of halogens is 3. The quantitative estimate of drug-likeness (QED) is 0.183. The van der Waals surface area contributed by atoms with E-state index in [2.05, 4.69) is 39.5 Å². The number of aromatic nitrogens is 3. The molecule has 7 rings (SSSR count). The number of aryl methyl sites for hydroxylation is 1. The first kappa shape index (κ1) is 43.1. The average molecular weight is 850 g/mol. The molecule has 1 aliphatic carbocycles. The van der Waals surface area contributed by atoms with Crippen LogP contribution in [0.5, 0.6) is 0 Å². The molecule has 4 atom stereocenters. The van der Waals surface area contributed by atoms with Crippen LogP contribution < -0.4 is 15.5 Å². The molecule has 0 radical (unpaired) electrons. The molecular formula is C42H50F3N9O5S. The number of nitrogens with one attached hydrogen (secondary N) is 2. The summed E-state index contributed by atoms with van der Waals surface area (Å²) in [4.78, 5) is 60.3. The zero-order chi connectivity index (χ0) is 43.3. The molecular weight excluding hydrogens is 800 g/mol. The monoisotopic (exact) mass is 849 g/mol. The highest BCUT2D eigenvalue weighted by Gasteiger charge is 2.53. The van der Waals surface area contributed by atoms with E-state index in [0.29, 0.717) is 35.8 Å². The summed E-state index contributed by atoms with van der Waals surface area (Å²) in [5.74, 6) is -1.38. The molecule has 2 aromatic heterocycles. The maximum Gasteiger partial charge on any atom is 0.419 e. The number of anilines is 2. The van der Waals surface area contributed by atoms with Gasteiger partial charge in [-0.2, -0.15) is 23.5 Å². The first-order chi connectivity index (χ1) is 28.4.